The molecule has 2 aromatic rings. The maximum Gasteiger partial charge on any atom is 0.129 e. The molecule has 4 heteroatoms. The van der Waals surface area contributed by atoms with Gasteiger partial charge in [0.25, 0.3) is 0 Å². The van der Waals surface area contributed by atoms with E-state index in [9.17, 15) is 0 Å². The van der Waals surface area contributed by atoms with Gasteiger partial charge in [-0.15, -0.1) is 11.3 Å². The fourth-order valence-electron chi connectivity index (χ4n) is 1.90. The van der Waals surface area contributed by atoms with Crippen molar-refractivity contribution in [3.8, 4) is 16.3 Å². The third-order valence-electron chi connectivity index (χ3n) is 2.86. The molecule has 1 aromatic heterocycles. The number of aryl methyl sites for hydroxylation is 2. The molecule has 0 radical (unpaired) electrons. The standard InChI is InChI=1S/C14H18N2OS/c1-9-4-5-13(17-3)11(8-9)14-16-12(6-7-15)10(2)18-14/h4-5,8H,6-7,15H2,1-3H3. The lowest BCUT2D eigenvalue weighted by Crippen LogP contribution is -2.03. The van der Waals surface area contributed by atoms with Crippen LogP contribution in [0.1, 0.15) is 16.1 Å². The van der Waals surface area contributed by atoms with E-state index in [2.05, 4.69) is 24.9 Å². The summed E-state index contributed by atoms with van der Waals surface area (Å²) in [7, 11) is 1.69. The summed E-state index contributed by atoms with van der Waals surface area (Å²) in [6.45, 7) is 4.80. The van der Waals surface area contributed by atoms with E-state index in [4.69, 9.17) is 10.5 Å². The highest BCUT2D eigenvalue weighted by Gasteiger charge is 2.13. The van der Waals surface area contributed by atoms with Gasteiger partial charge in [0, 0.05) is 11.3 Å². The molecule has 2 N–H and O–H groups in total. The van der Waals surface area contributed by atoms with Gasteiger partial charge < -0.3 is 10.5 Å². The van der Waals surface area contributed by atoms with Crippen molar-refractivity contribution >= 4 is 11.3 Å². The highest BCUT2D eigenvalue weighted by atomic mass is 32.1. The van der Waals surface area contributed by atoms with Crippen LogP contribution in [0, 0.1) is 13.8 Å². The van der Waals surface area contributed by atoms with E-state index in [-0.39, 0.29) is 0 Å². The lowest BCUT2D eigenvalue weighted by Gasteiger charge is -2.06. The molecular weight excluding hydrogens is 244 g/mol. The number of hydrogen-bond acceptors (Lipinski definition) is 4. The zero-order valence-corrected chi connectivity index (χ0v) is 11.8. The van der Waals surface area contributed by atoms with Gasteiger partial charge in [0.05, 0.1) is 18.4 Å². The fraction of sp³-hybridized carbons (Fsp3) is 0.357. The molecule has 0 fully saturated rings. The van der Waals surface area contributed by atoms with Crippen LogP contribution in [-0.2, 0) is 6.42 Å². The third kappa shape index (κ3) is 2.54. The van der Waals surface area contributed by atoms with Crippen LogP contribution in [0.2, 0.25) is 0 Å². The molecule has 1 heterocycles. The molecule has 0 aliphatic heterocycles. The number of rotatable bonds is 4. The van der Waals surface area contributed by atoms with Crippen molar-refractivity contribution in [2.75, 3.05) is 13.7 Å². The largest absolute Gasteiger partial charge is 0.496 e. The predicted molar refractivity (Wildman–Crippen MR) is 76.3 cm³/mol. The number of aromatic nitrogens is 1. The first-order chi connectivity index (χ1) is 8.65. The zero-order chi connectivity index (χ0) is 13.1. The Kier molecular flexibility index (Phi) is 3.99. The maximum atomic E-state index is 5.60. The van der Waals surface area contributed by atoms with Crippen molar-refractivity contribution in [3.05, 3.63) is 34.3 Å². The Morgan fingerprint density at radius 3 is 2.78 bits per heavy atom. The molecule has 0 atom stereocenters. The minimum absolute atomic E-state index is 0.634. The highest BCUT2D eigenvalue weighted by Crippen LogP contribution is 2.34. The van der Waals surface area contributed by atoms with Crippen LogP contribution < -0.4 is 10.5 Å². The second-order valence-corrected chi connectivity index (χ2v) is 5.47. The first-order valence-electron chi connectivity index (χ1n) is 5.97. The van der Waals surface area contributed by atoms with Gasteiger partial charge in [-0.1, -0.05) is 11.6 Å². The summed E-state index contributed by atoms with van der Waals surface area (Å²) in [5.41, 5.74) is 8.97. The van der Waals surface area contributed by atoms with Crippen molar-refractivity contribution in [2.45, 2.75) is 20.3 Å². The van der Waals surface area contributed by atoms with E-state index in [0.717, 1.165) is 28.4 Å². The summed E-state index contributed by atoms with van der Waals surface area (Å²) in [6, 6.07) is 6.15. The van der Waals surface area contributed by atoms with Crippen LogP contribution in [0.5, 0.6) is 5.75 Å². The van der Waals surface area contributed by atoms with Gasteiger partial charge in [0.2, 0.25) is 0 Å². The molecule has 1 aromatic carbocycles. The quantitative estimate of drug-likeness (QED) is 0.921. The summed E-state index contributed by atoms with van der Waals surface area (Å²) in [4.78, 5) is 5.91. The molecule has 0 saturated carbocycles. The normalized spacial score (nSPS) is 10.7. The Balaban J connectivity index is 2.47. The second-order valence-electron chi connectivity index (χ2n) is 4.26. The number of ether oxygens (including phenoxy) is 1. The molecule has 3 nitrogen and oxygen atoms in total. The van der Waals surface area contributed by atoms with E-state index in [1.54, 1.807) is 18.4 Å². The van der Waals surface area contributed by atoms with Gasteiger partial charge in [-0.25, -0.2) is 4.98 Å². The summed E-state index contributed by atoms with van der Waals surface area (Å²) >= 11 is 1.70. The van der Waals surface area contributed by atoms with Crippen molar-refractivity contribution in [2.24, 2.45) is 5.73 Å². The third-order valence-corrected chi connectivity index (χ3v) is 3.91. The molecule has 96 valence electrons. The molecule has 0 aliphatic carbocycles. The van der Waals surface area contributed by atoms with E-state index in [0.29, 0.717) is 6.54 Å². The Bertz CT molecular complexity index is 549. The Labute approximate surface area is 112 Å². The molecular formula is C14H18N2OS. The van der Waals surface area contributed by atoms with Crippen LogP contribution >= 0.6 is 11.3 Å². The number of nitrogens with two attached hydrogens (primary N) is 1. The van der Waals surface area contributed by atoms with E-state index >= 15 is 0 Å². The summed E-state index contributed by atoms with van der Waals surface area (Å²) in [5.74, 6) is 0.869. The Hall–Kier alpha value is -1.39. The van der Waals surface area contributed by atoms with Crippen LogP contribution in [0.15, 0.2) is 18.2 Å². The zero-order valence-electron chi connectivity index (χ0n) is 11.0. The minimum Gasteiger partial charge on any atom is -0.496 e. The number of methoxy groups -OCH3 is 1. The van der Waals surface area contributed by atoms with Crippen LogP contribution in [0.25, 0.3) is 10.6 Å². The maximum absolute atomic E-state index is 5.60. The van der Waals surface area contributed by atoms with Gasteiger partial charge >= 0.3 is 0 Å². The molecule has 0 bridgehead atoms. The lowest BCUT2D eigenvalue weighted by molar-refractivity contribution is 0.416. The van der Waals surface area contributed by atoms with Gasteiger partial charge in [-0.05, 0) is 32.5 Å². The molecule has 0 saturated heterocycles. The second kappa shape index (κ2) is 5.50. The average Bonchev–Trinajstić information content (AvgIpc) is 2.71. The van der Waals surface area contributed by atoms with Gasteiger partial charge in [0.15, 0.2) is 0 Å². The first-order valence-corrected chi connectivity index (χ1v) is 6.78. The van der Waals surface area contributed by atoms with Gasteiger partial charge in [0.1, 0.15) is 10.8 Å². The van der Waals surface area contributed by atoms with E-state index in [1.807, 2.05) is 12.1 Å². The number of benzene rings is 1. The monoisotopic (exact) mass is 262 g/mol. The summed E-state index contributed by atoms with van der Waals surface area (Å²) in [5, 5.41) is 1.01. The molecule has 18 heavy (non-hydrogen) atoms. The molecule has 0 amide bonds. The minimum atomic E-state index is 0.634. The molecule has 2 rings (SSSR count). The lowest BCUT2D eigenvalue weighted by atomic mass is 10.1. The van der Waals surface area contributed by atoms with E-state index < -0.39 is 0 Å². The van der Waals surface area contributed by atoms with Crippen LogP contribution in [-0.4, -0.2) is 18.6 Å². The van der Waals surface area contributed by atoms with Gasteiger partial charge in [-0.2, -0.15) is 0 Å². The van der Waals surface area contributed by atoms with E-state index in [1.165, 1.54) is 10.4 Å². The smallest absolute Gasteiger partial charge is 0.129 e. The molecule has 0 unspecified atom stereocenters. The topological polar surface area (TPSA) is 48.1 Å². The van der Waals surface area contributed by atoms with Crippen molar-refractivity contribution < 1.29 is 4.74 Å². The number of nitrogens with zero attached hydrogens (tertiary/aromatic N) is 1. The number of thiazole rings is 1. The summed E-state index contributed by atoms with van der Waals surface area (Å²) in [6.07, 6.45) is 0.830. The predicted octanol–water partition coefficient (Wildman–Crippen LogP) is 2.94. The van der Waals surface area contributed by atoms with Crippen LogP contribution in [0.4, 0.5) is 0 Å². The van der Waals surface area contributed by atoms with Crippen molar-refractivity contribution in [1.82, 2.24) is 4.98 Å². The number of hydrogen-bond donors (Lipinski definition) is 1. The van der Waals surface area contributed by atoms with Crippen molar-refractivity contribution in [1.29, 1.82) is 0 Å². The summed E-state index contributed by atoms with van der Waals surface area (Å²) < 4.78 is 5.41. The Morgan fingerprint density at radius 2 is 2.11 bits per heavy atom. The van der Waals surface area contributed by atoms with Crippen molar-refractivity contribution in [3.63, 3.8) is 0 Å². The molecule has 0 spiro atoms. The fourth-order valence-corrected chi connectivity index (χ4v) is 2.88. The van der Waals surface area contributed by atoms with Crippen LogP contribution in [0.3, 0.4) is 0 Å². The van der Waals surface area contributed by atoms with Gasteiger partial charge in [-0.3, -0.25) is 0 Å². The average molecular weight is 262 g/mol. The Morgan fingerprint density at radius 1 is 1.33 bits per heavy atom. The highest BCUT2D eigenvalue weighted by molar-refractivity contribution is 7.15. The molecule has 0 aliphatic rings. The SMILES string of the molecule is COc1ccc(C)cc1-c1nc(CCN)c(C)s1. The first kappa shape index (κ1) is 13.1.